The van der Waals surface area contributed by atoms with Gasteiger partial charge in [-0.2, -0.15) is 4.31 Å². The molecular weight excluding hydrogens is 442 g/mol. The third-order valence-corrected chi connectivity index (χ3v) is 6.96. The fraction of sp³-hybridized carbons (Fsp3) is 0.409. The highest BCUT2D eigenvalue weighted by molar-refractivity contribution is 7.89. The maximum absolute atomic E-state index is 13.9. The lowest BCUT2D eigenvalue weighted by Crippen LogP contribution is -2.50. The molecule has 0 spiro atoms. The van der Waals surface area contributed by atoms with E-state index in [1.54, 1.807) is 11.0 Å². The molecule has 0 aliphatic carbocycles. The number of amides is 1. The summed E-state index contributed by atoms with van der Waals surface area (Å²) in [5.41, 5.74) is 0. The van der Waals surface area contributed by atoms with Crippen LogP contribution in [0.3, 0.4) is 0 Å². The Kier molecular flexibility index (Phi) is 8.03. The van der Waals surface area contributed by atoms with E-state index in [0.717, 1.165) is 16.4 Å². The first-order valence-electron chi connectivity index (χ1n) is 10.4. The minimum absolute atomic E-state index is 0.0161. The summed E-state index contributed by atoms with van der Waals surface area (Å²) in [4.78, 5) is 13.4. The van der Waals surface area contributed by atoms with Gasteiger partial charge in [-0.25, -0.2) is 17.2 Å². The Morgan fingerprint density at radius 2 is 1.66 bits per heavy atom. The van der Waals surface area contributed by atoms with Crippen molar-refractivity contribution in [2.45, 2.75) is 24.7 Å². The number of carbonyl (C=O) groups is 1. The second-order valence-corrected chi connectivity index (χ2v) is 9.10. The standard InChI is InChI=1S/C22H26F2N2O5S/c1-2-30-19-6-3-4-7-20(19)31-15-5-8-22(27)25-11-13-26(14-12-25)32(28,29)21-16-17(23)9-10-18(21)24/h3-4,6-7,9-10,16H,2,5,8,11-15H2,1H3. The molecule has 1 amide bonds. The van der Waals surface area contributed by atoms with Crippen LogP contribution in [0.15, 0.2) is 47.4 Å². The molecule has 0 saturated carbocycles. The molecule has 2 aromatic rings. The van der Waals surface area contributed by atoms with Crippen LogP contribution in [0, 0.1) is 11.6 Å². The Hall–Kier alpha value is -2.72. The Bertz CT molecular complexity index is 1040. The van der Waals surface area contributed by atoms with Gasteiger partial charge in [-0.15, -0.1) is 0 Å². The van der Waals surface area contributed by atoms with E-state index >= 15 is 0 Å². The lowest BCUT2D eigenvalue weighted by molar-refractivity contribution is -0.132. The molecule has 174 valence electrons. The number of para-hydroxylation sites is 2. The smallest absolute Gasteiger partial charge is 0.246 e. The first-order valence-corrected chi connectivity index (χ1v) is 11.8. The Balaban J connectivity index is 1.47. The zero-order valence-corrected chi connectivity index (χ0v) is 18.6. The predicted molar refractivity (Wildman–Crippen MR) is 114 cm³/mol. The summed E-state index contributed by atoms with van der Waals surface area (Å²) in [6.45, 7) is 3.14. The molecule has 1 fully saturated rings. The molecule has 0 N–H and O–H groups in total. The molecular formula is C22H26F2N2O5S. The zero-order valence-electron chi connectivity index (χ0n) is 17.8. The summed E-state index contributed by atoms with van der Waals surface area (Å²) in [5, 5.41) is 0. The van der Waals surface area contributed by atoms with Gasteiger partial charge in [-0.05, 0) is 43.7 Å². The molecule has 1 heterocycles. The molecule has 2 aromatic carbocycles. The van der Waals surface area contributed by atoms with Gasteiger partial charge >= 0.3 is 0 Å². The van der Waals surface area contributed by atoms with Gasteiger partial charge in [0.15, 0.2) is 11.5 Å². The van der Waals surface area contributed by atoms with Crippen LogP contribution in [0.2, 0.25) is 0 Å². The van der Waals surface area contributed by atoms with E-state index in [1.807, 2.05) is 25.1 Å². The van der Waals surface area contributed by atoms with Crippen LogP contribution >= 0.6 is 0 Å². The number of hydrogen-bond donors (Lipinski definition) is 0. The number of sulfonamides is 1. The second kappa shape index (κ2) is 10.7. The van der Waals surface area contributed by atoms with E-state index in [9.17, 15) is 22.0 Å². The predicted octanol–water partition coefficient (Wildman–Crippen LogP) is 3.06. The van der Waals surface area contributed by atoms with Gasteiger partial charge in [0, 0.05) is 32.6 Å². The Morgan fingerprint density at radius 3 is 2.31 bits per heavy atom. The zero-order chi connectivity index (χ0) is 23.1. The molecule has 7 nitrogen and oxygen atoms in total. The lowest BCUT2D eigenvalue weighted by atomic mass is 10.2. The van der Waals surface area contributed by atoms with E-state index in [1.165, 1.54) is 0 Å². The number of hydrogen-bond acceptors (Lipinski definition) is 5. The molecule has 0 bridgehead atoms. The van der Waals surface area contributed by atoms with E-state index in [4.69, 9.17) is 9.47 Å². The fourth-order valence-electron chi connectivity index (χ4n) is 3.40. The van der Waals surface area contributed by atoms with Crippen molar-refractivity contribution in [3.05, 3.63) is 54.1 Å². The van der Waals surface area contributed by atoms with Crippen molar-refractivity contribution >= 4 is 15.9 Å². The van der Waals surface area contributed by atoms with Crippen molar-refractivity contribution in [2.75, 3.05) is 39.4 Å². The maximum Gasteiger partial charge on any atom is 0.246 e. The van der Waals surface area contributed by atoms with Crippen molar-refractivity contribution in [1.29, 1.82) is 0 Å². The molecule has 10 heteroatoms. The SMILES string of the molecule is CCOc1ccccc1OCCCC(=O)N1CCN(S(=O)(=O)c2cc(F)ccc2F)CC1. The van der Waals surface area contributed by atoms with E-state index in [2.05, 4.69) is 0 Å². The van der Waals surface area contributed by atoms with E-state index in [0.29, 0.717) is 37.2 Å². The Morgan fingerprint density at radius 1 is 1.00 bits per heavy atom. The van der Waals surface area contributed by atoms with Crippen LogP contribution < -0.4 is 9.47 Å². The maximum atomic E-state index is 13.9. The van der Waals surface area contributed by atoms with Crippen LogP contribution in [0.4, 0.5) is 8.78 Å². The van der Waals surface area contributed by atoms with Gasteiger partial charge in [0.2, 0.25) is 15.9 Å². The van der Waals surface area contributed by atoms with Crippen LogP contribution in [0.25, 0.3) is 0 Å². The highest BCUT2D eigenvalue weighted by Crippen LogP contribution is 2.26. The Labute approximate surface area is 186 Å². The van der Waals surface area contributed by atoms with Gasteiger partial charge < -0.3 is 14.4 Å². The average molecular weight is 469 g/mol. The molecule has 0 atom stereocenters. The molecule has 32 heavy (non-hydrogen) atoms. The normalized spacial score (nSPS) is 14.9. The summed E-state index contributed by atoms with van der Waals surface area (Å²) in [6.07, 6.45) is 0.744. The number of nitrogens with zero attached hydrogens (tertiary/aromatic N) is 2. The van der Waals surface area contributed by atoms with E-state index in [-0.39, 0.29) is 38.5 Å². The van der Waals surface area contributed by atoms with Gasteiger partial charge in [-0.1, -0.05) is 12.1 Å². The summed E-state index contributed by atoms with van der Waals surface area (Å²) in [7, 11) is -4.18. The monoisotopic (exact) mass is 468 g/mol. The number of ether oxygens (including phenoxy) is 2. The summed E-state index contributed by atoms with van der Waals surface area (Å²) < 4.78 is 64.9. The minimum atomic E-state index is -4.18. The number of halogens is 2. The summed E-state index contributed by atoms with van der Waals surface area (Å²) in [6, 6.07) is 9.63. The third-order valence-electron chi connectivity index (χ3n) is 5.04. The second-order valence-electron chi connectivity index (χ2n) is 7.19. The highest BCUT2D eigenvalue weighted by Gasteiger charge is 2.32. The van der Waals surface area contributed by atoms with Gasteiger partial charge in [-0.3, -0.25) is 4.79 Å². The largest absolute Gasteiger partial charge is 0.490 e. The topological polar surface area (TPSA) is 76.2 Å². The van der Waals surface area contributed by atoms with Gasteiger partial charge in [0.05, 0.1) is 13.2 Å². The molecule has 0 unspecified atom stereocenters. The molecule has 0 radical (unpaired) electrons. The van der Waals surface area contributed by atoms with Crippen molar-refractivity contribution in [3.8, 4) is 11.5 Å². The van der Waals surface area contributed by atoms with Crippen LogP contribution in [-0.2, 0) is 14.8 Å². The molecule has 1 aliphatic heterocycles. The highest BCUT2D eigenvalue weighted by atomic mass is 32.2. The van der Waals surface area contributed by atoms with Crippen LogP contribution in [0.1, 0.15) is 19.8 Å². The summed E-state index contributed by atoms with van der Waals surface area (Å²) in [5.74, 6) is -0.681. The number of benzene rings is 2. The lowest BCUT2D eigenvalue weighted by Gasteiger charge is -2.34. The van der Waals surface area contributed by atoms with E-state index < -0.39 is 26.6 Å². The van der Waals surface area contributed by atoms with Crippen molar-refractivity contribution in [2.24, 2.45) is 0 Å². The van der Waals surface area contributed by atoms with Crippen molar-refractivity contribution in [3.63, 3.8) is 0 Å². The number of rotatable bonds is 9. The molecule has 1 aliphatic rings. The fourth-order valence-corrected chi connectivity index (χ4v) is 4.90. The van der Waals surface area contributed by atoms with Gasteiger partial charge in [0.25, 0.3) is 0 Å². The number of carbonyl (C=O) groups excluding carboxylic acids is 1. The van der Waals surface area contributed by atoms with Crippen LogP contribution in [-0.4, -0.2) is 62.9 Å². The quantitative estimate of drug-likeness (QED) is 0.529. The van der Waals surface area contributed by atoms with Crippen molar-refractivity contribution < 1.29 is 31.5 Å². The van der Waals surface area contributed by atoms with Crippen LogP contribution in [0.5, 0.6) is 11.5 Å². The molecule has 1 saturated heterocycles. The summed E-state index contributed by atoms with van der Waals surface area (Å²) >= 11 is 0. The van der Waals surface area contributed by atoms with Gasteiger partial charge in [0.1, 0.15) is 16.5 Å². The number of piperazine rings is 1. The van der Waals surface area contributed by atoms with Crippen molar-refractivity contribution in [1.82, 2.24) is 9.21 Å². The first kappa shape index (κ1) is 23.9. The molecule has 0 aromatic heterocycles. The third kappa shape index (κ3) is 5.74. The first-order chi connectivity index (χ1) is 15.3. The average Bonchev–Trinajstić information content (AvgIpc) is 2.79. The molecule has 3 rings (SSSR count). The minimum Gasteiger partial charge on any atom is -0.490 e.